The molecule has 0 atom stereocenters. The van der Waals surface area contributed by atoms with E-state index < -0.39 is 0 Å². The number of aromatic nitrogens is 3. The summed E-state index contributed by atoms with van der Waals surface area (Å²) in [4.78, 5) is 16.4. The molecule has 7 nitrogen and oxygen atoms in total. The molecule has 0 unspecified atom stereocenters. The van der Waals surface area contributed by atoms with Crippen molar-refractivity contribution in [2.45, 2.75) is 13.8 Å². The van der Waals surface area contributed by atoms with Crippen molar-refractivity contribution in [3.63, 3.8) is 0 Å². The summed E-state index contributed by atoms with van der Waals surface area (Å²) in [7, 11) is 1.55. The molecule has 8 heteroatoms. The number of anilines is 1. The Labute approximate surface area is 167 Å². The summed E-state index contributed by atoms with van der Waals surface area (Å²) in [6.45, 7) is 4.63. The van der Waals surface area contributed by atoms with Crippen LogP contribution in [0.3, 0.4) is 0 Å². The fraction of sp³-hybridized carbons (Fsp3) is 0.250. The van der Waals surface area contributed by atoms with Crippen LogP contribution in [0.25, 0.3) is 11.7 Å². The zero-order valence-electron chi connectivity index (χ0n) is 15.8. The van der Waals surface area contributed by atoms with Gasteiger partial charge in [-0.1, -0.05) is 25.4 Å². The van der Waals surface area contributed by atoms with Crippen LogP contribution in [0.5, 0.6) is 11.5 Å². The maximum absolute atomic E-state index is 12.3. The van der Waals surface area contributed by atoms with Crippen molar-refractivity contribution < 1.29 is 14.3 Å². The summed E-state index contributed by atoms with van der Waals surface area (Å²) < 4.78 is 12.7. The fourth-order valence-electron chi connectivity index (χ4n) is 2.50. The number of fused-ring (bicyclic) bond motifs is 1. The van der Waals surface area contributed by atoms with Crippen LogP contribution in [-0.4, -0.2) is 34.2 Å². The van der Waals surface area contributed by atoms with Crippen molar-refractivity contribution in [3.05, 3.63) is 53.3 Å². The molecule has 0 aliphatic heterocycles. The van der Waals surface area contributed by atoms with Crippen LogP contribution in [0.2, 0.25) is 5.02 Å². The molecule has 3 rings (SSSR count). The molecule has 1 amide bonds. The van der Waals surface area contributed by atoms with Gasteiger partial charge in [-0.05, 0) is 35.8 Å². The van der Waals surface area contributed by atoms with Crippen LogP contribution in [0.4, 0.5) is 5.82 Å². The second-order valence-corrected chi connectivity index (χ2v) is 6.90. The molecule has 3 aromatic rings. The second-order valence-electron chi connectivity index (χ2n) is 6.49. The molecule has 0 saturated heterocycles. The van der Waals surface area contributed by atoms with Crippen LogP contribution in [0.15, 0.2) is 42.7 Å². The lowest BCUT2D eigenvalue weighted by Gasteiger charge is -2.14. The van der Waals surface area contributed by atoms with Crippen molar-refractivity contribution in [3.8, 4) is 11.5 Å². The molecule has 0 aliphatic carbocycles. The smallest absolute Gasteiger partial charge is 0.249 e. The highest BCUT2D eigenvalue weighted by molar-refractivity contribution is 6.32. The minimum absolute atomic E-state index is 0.307. The summed E-state index contributed by atoms with van der Waals surface area (Å²) in [5.41, 5.74) is 1.36. The van der Waals surface area contributed by atoms with Gasteiger partial charge in [0.1, 0.15) is 5.82 Å². The lowest BCUT2D eigenvalue weighted by molar-refractivity contribution is -0.111. The maximum atomic E-state index is 12.3. The first-order valence-electron chi connectivity index (χ1n) is 8.76. The molecular formula is C20H21ClN4O3. The molecule has 0 spiro atoms. The maximum Gasteiger partial charge on any atom is 0.249 e. The Balaban J connectivity index is 1.75. The molecule has 0 aliphatic rings. The second kappa shape index (κ2) is 8.75. The first kappa shape index (κ1) is 19.7. The van der Waals surface area contributed by atoms with Gasteiger partial charge in [-0.15, -0.1) is 0 Å². The number of methoxy groups -OCH3 is 1. The van der Waals surface area contributed by atoms with Gasteiger partial charge >= 0.3 is 0 Å². The Kier molecular flexibility index (Phi) is 6.16. The van der Waals surface area contributed by atoms with Crippen LogP contribution in [-0.2, 0) is 4.79 Å². The quantitative estimate of drug-likeness (QED) is 0.604. The largest absolute Gasteiger partial charge is 0.493 e. The minimum Gasteiger partial charge on any atom is -0.493 e. The monoisotopic (exact) mass is 400 g/mol. The number of carbonyl (C=O) groups is 1. The summed E-state index contributed by atoms with van der Waals surface area (Å²) >= 11 is 6.34. The highest BCUT2D eigenvalue weighted by atomic mass is 35.5. The Morgan fingerprint density at radius 1 is 1.32 bits per heavy atom. The van der Waals surface area contributed by atoms with Gasteiger partial charge in [-0.2, -0.15) is 9.61 Å². The van der Waals surface area contributed by atoms with E-state index in [1.54, 1.807) is 54.4 Å². The zero-order valence-corrected chi connectivity index (χ0v) is 16.6. The summed E-state index contributed by atoms with van der Waals surface area (Å²) in [5, 5.41) is 7.33. The Hall–Kier alpha value is -3.06. The van der Waals surface area contributed by atoms with E-state index in [9.17, 15) is 4.79 Å². The molecule has 2 aromatic heterocycles. The number of rotatable bonds is 7. The third-order valence-corrected chi connectivity index (χ3v) is 4.06. The topological polar surface area (TPSA) is 77.8 Å². The molecular weight excluding hydrogens is 380 g/mol. The summed E-state index contributed by atoms with van der Waals surface area (Å²) in [6.07, 6.45) is 6.29. The van der Waals surface area contributed by atoms with Crippen molar-refractivity contribution in [2.24, 2.45) is 5.92 Å². The number of hydrogen-bond donors (Lipinski definition) is 1. The van der Waals surface area contributed by atoms with E-state index in [4.69, 9.17) is 21.1 Å². The van der Waals surface area contributed by atoms with E-state index in [2.05, 4.69) is 29.2 Å². The third kappa shape index (κ3) is 4.61. The lowest BCUT2D eigenvalue weighted by Crippen LogP contribution is -2.11. The van der Waals surface area contributed by atoms with Gasteiger partial charge in [0.05, 0.1) is 24.9 Å². The first-order chi connectivity index (χ1) is 13.5. The highest BCUT2D eigenvalue weighted by Crippen LogP contribution is 2.37. The number of carbonyl (C=O) groups excluding carboxylic acids is 1. The summed E-state index contributed by atoms with van der Waals surface area (Å²) in [6, 6.07) is 6.92. The van der Waals surface area contributed by atoms with Gasteiger partial charge in [0.2, 0.25) is 5.91 Å². The van der Waals surface area contributed by atoms with Crippen molar-refractivity contribution >= 4 is 35.0 Å². The number of hydrogen-bond acceptors (Lipinski definition) is 5. The van der Waals surface area contributed by atoms with Crippen molar-refractivity contribution in [1.82, 2.24) is 14.6 Å². The van der Waals surface area contributed by atoms with E-state index in [1.165, 1.54) is 6.08 Å². The Bertz CT molecular complexity index is 1010. The number of benzene rings is 1. The predicted octanol–water partition coefficient (Wildman–Crippen LogP) is 4.08. The average molecular weight is 401 g/mol. The Morgan fingerprint density at radius 3 is 2.89 bits per heavy atom. The van der Waals surface area contributed by atoms with Crippen LogP contribution in [0.1, 0.15) is 19.4 Å². The standard InChI is InChI=1S/C20H21ClN4O3/c1-13(2)12-28-20-15(21)10-14(11-16(20)27-3)4-5-19(26)24-18-6-8-22-17-7-9-23-25(17)18/h4-11,13H,12H2,1-3H3,(H,24,26)/b5-4+. The molecule has 1 aromatic carbocycles. The van der Waals surface area contributed by atoms with Gasteiger partial charge in [0, 0.05) is 18.3 Å². The van der Waals surface area contributed by atoms with E-state index in [0.717, 1.165) is 0 Å². The molecule has 1 N–H and O–H groups in total. The average Bonchev–Trinajstić information content (AvgIpc) is 3.14. The molecule has 0 fully saturated rings. The molecule has 146 valence electrons. The van der Waals surface area contributed by atoms with Gasteiger partial charge in [0.25, 0.3) is 0 Å². The lowest BCUT2D eigenvalue weighted by atomic mass is 10.1. The number of nitrogens with zero attached hydrogens (tertiary/aromatic N) is 3. The van der Waals surface area contributed by atoms with Gasteiger partial charge in [0.15, 0.2) is 17.1 Å². The third-order valence-electron chi connectivity index (χ3n) is 3.78. The molecule has 2 heterocycles. The molecule has 28 heavy (non-hydrogen) atoms. The SMILES string of the molecule is COc1cc(/C=C/C(=O)Nc2ccnc3ccnn23)cc(Cl)c1OCC(C)C. The van der Waals surface area contributed by atoms with Crippen molar-refractivity contribution in [2.75, 3.05) is 19.0 Å². The summed E-state index contributed by atoms with van der Waals surface area (Å²) in [5.74, 6) is 1.59. The van der Waals surface area contributed by atoms with Crippen LogP contribution >= 0.6 is 11.6 Å². The van der Waals surface area contributed by atoms with Gasteiger partial charge < -0.3 is 14.8 Å². The van der Waals surface area contributed by atoms with Crippen LogP contribution in [0, 0.1) is 5.92 Å². The van der Waals surface area contributed by atoms with Gasteiger partial charge in [-0.25, -0.2) is 4.98 Å². The molecule has 0 bridgehead atoms. The van der Waals surface area contributed by atoms with E-state index in [1.807, 2.05) is 0 Å². The van der Waals surface area contributed by atoms with E-state index in [-0.39, 0.29) is 5.91 Å². The predicted molar refractivity (Wildman–Crippen MR) is 109 cm³/mol. The van der Waals surface area contributed by atoms with E-state index >= 15 is 0 Å². The first-order valence-corrected chi connectivity index (χ1v) is 9.14. The molecule has 0 radical (unpaired) electrons. The fourth-order valence-corrected chi connectivity index (χ4v) is 2.77. The normalized spacial score (nSPS) is 11.3. The minimum atomic E-state index is -0.307. The number of ether oxygens (including phenoxy) is 2. The van der Waals surface area contributed by atoms with Crippen molar-refractivity contribution in [1.29, 1.82) is 0 Å². The van der Waals surface area contributed by atoms with Crippen LogP contribution < -0.4 is 14.8 Å². The number of halogens is 1. The highest BCUT2D eigenvalue weighted by Gasteiger charge is 2.12. The van der Waals surface area contributed by atoms with E-state index in [0.29, 0.717) is 46.1 Å². The number of amides is 1. The number of nitrogens with one attached hydrogen (secondary N) is 1. The zero-order chi connectivity index (χ0) is 20.1. The Morgan fingerprint density at radius 2 is 2.14 bits per heavy atom. The van der Waals surface area contributed by atoms with Gasteiger partial charge in [-0.3, -0.25) is 4.79 Å². The molecule has 0 saturated carbocycles.